The van der Waals surface area contributed by atoms with Crippen molar-refractivity contribution in [1.82, 2.24) is 5.32 Å². The summed E-state index contributed by atoms with van der Waals surface area (Å²) >= 11 is 1.66. The molecule has 0 spiro atoms. The Hall–Kier alpha value is -3.59. The maximum absolute atomic E-state index is 13.2. The second kappa shape index (κ2) is 12.9. The Labute approximate surface area is 214 Å². The van der Waals surface area contributed by atoms with Crippen molar-refractivity contribution in [2.75, 3.05) is 24.7 Å². The van der Waals surface area contributed by atoms with Crippen LogP contribution in [-0.4, -0.2) is 41.6 Å². The van der Waals surface area contributed by atoms with Crippen LogP contribution in [0, 0.1) is 10.1 Å². The number of benzene rings is 2. The van der Waals surface area contributed by atoms with Crippen LogP contribution in [0.15, 0.2) is 77.1 Å². The quantitative estimate of drug-likeness (QED) is 0.197. The Morgan fingerprint density at radius 1 is 0.972 bits per heavy atom. The molecule has 1 unspecified atom stereocenters. The zero-order chi connectivity index (χ0) is 26.1. The van der Waals surface area contributed by atoms with Gasteiger partial charge in [0.1, 0.15) is 0 Å². The number of thioether (sulfide) groups is 1. The summed E-state index contributed by atoms with van der Waals surface area (Å²) in [6, 6.07) is 16.0. The normalized spacial score (nSPS) is 15.4. The molecule has 1 atom stereocenters. The summed E-state index contributed by atoms with van der Waals surface area (Å²) in [6.07, 6.45) is 0.877. The molecule has 1 N–H and O–H groups in total. The van der Waals surface area contributed by atoms with Gasteiger partial charge in [-0.05, 0) is 44.1 Å². The molecule has 190 valence electrons. The zero-order valence-corrected chi connectivity index (χ0v) is 21.4. The lowest BCUT2D eigenvalue weighted by molar-refractivity contribution is -0.384. The first-order valence-corrected chi connectivity index (χ1v) is 12.9. The number of carbonyl (C=O) groups is 2. The van der Waals surface area contributed by atoms with Crippen molar-refractivity contribution in [1.29, 1.82) is 0 Å². The van der Waals surface area contributed by atoms with Crippen molar-refractivity contribution in [3.63, 3.8) is 0 Å². The predicted molar refractivity (Wildman–Crippen MR) is 139 cm³/mol. The number of esters is 2. The second-order valence-electron chi connectivity index (χ2n) is 8.07. The molecule has 2 aromatic carbocycles. The Bertz CT molecular complexity index is 1160. The molecule has 36 heavy (non-hydrogen) atoms. The molecule has 1 aliphatic rings. The first-order chi connectivity index (χ1) is 17.4. The Morgan fingerprint density at radius 2 is 1.58 bits per heavy atom. The maximum atomic E-state index is 13.2. The summed E-state index contributed by atoms with van der Waals surface area (Å²) in [4.78, 5) is 36.9. The fourth-order valence-electron chi connectivity index (χ4n) is 4.07. The minimum Gasteiger partial charge on any atom is -0.463 e. The predicted octanol–water partition coefficient (Wildman–Crippen LogP) is 4.91. The Balaban J connectivity index is 1.99. The van der Waals surface area contributed by atoms with Crippen LogP contribution in [0.5, 0.6) is 0 Å². The fraction of sp³-hybridized carbons (Fsp3) is 0.333. The standard InChI is InChI=1S/C27H30N2O6S/c1-4-34-26(30)23-18(3)28-22(17-36-16-15-19-9-7-6-8-10-19)25(27(31)35-5-2)24(23)20-11-13-21(14-12-20)29(32)33/h6-14,24,28H,4-5,15-17H2,1-3H3. The molecule has 3 rings (SSSR count). The van der Waals surface area contributed by atoms with Crippen molar-refractivity contribution >= 4 is 29.4 Å². The smallest absolute Gasteiger partial charge is 0.336 e. The number of hydrogen-bond acceptors (Lipinski definition) is 8. The second-order valence-corrected chi connectivity index (χ2v) is 9.17. The van der Waals surface area contributed by atoms with Crippen molar-refractivity contribution in [3.05, 3.63) is 98.4 Å². The van der Waals surface area contributed by atoms with E-state index in [2.05, 4.69) is 17.4 Å². The lowest BCUT2D eigenvalue weighted by Crippen LogP contribution is -2.34. The first-order valence-electron chi connectivity index (χ1n) is 11.8. The third-order valence-electron chi connectivity index (χ3n) is 5.70. The highest BCUT2D eigenvalue weighted by Crippen LogP contribution is 2.40. The van der Waals surface area contributed by atoms with E-state index in [1.807, 2.05) is 18.2 Å². The van der Waals surface area contributed by atoms with Crippen molar-refractivity contribution in [3.8, 4) is 0 Å². The van der Waals surface area contributed by atoms with Gasteiger partial charge in [-0.2, -0.15) is 11.8 Å². The van der Waals surface area contributed by atoms with E-state index in [0.717, 1.165) is 12.2 Å². The number of nitrogens with zero attached hydrogens (tertiary/aromatic N) is 1. The molecule has 1 heterocycles. The number of carbonyl (C=O) groups excluding carboxylic acids is 2. The van der Waals surface area contributed by atoms with Crippen LogP contribution in [-0.2, 0) is 25.5 Å². The van der Waals surface area contributed by atoms with Gasteiger partial charge in [-0.15, -0.1) is 0 Å². The average molecular weight is 511 g/mol. The minimum absolute atomic E-state index is 0.0792. The van der Waals surface area contributed by atoms with Gasteiger partial charge in [0.15, 0.2) is 0 Å². The van der Waals surface area contributed by atoms with Crippen LogP contribution < -0.4 is 5.32 Å². The molecule has 0 aliphatic carbocycles. The molecule has 9 heteroatoms. The van der Waals surface area contributed by atoms with Gasteiger partial charge < -0.3 is 14.8 Å². The lowest BCUT2D eigenvalue weighted by Gasteiger charge is -2.31. The minimum atomic E-state index is -0.783. The number of dihydropyridines is 1. The monoisotopic (exact) mass is 510 g/mol. The summed E-state index contributed by atoms with van der Waals surface area (Å²) in [5.41, 5.74) is 3.54. The SMILES string of the molecule is CCOC(=O)C1=C(C)NC(CSCCc2ccccc2)=C(C(=O)OCC)C1c1ccc([N+](=O)[O-])cc1. The van der Waals surface area contributed by atoms with Gasteiger partial charge in [-0.3, -0.25) is 10.1 Å². The van der Waals surface area contributed by atoms with E-state index in [-0.39, 0.29) is 24.5 Å². The van der Waals surface area contributed by atoms with Gasteiger partial charge >= 0.3 is 11.9 Å². The lowest BCUT2D eigenvalue weighted by atomic mass is 9.80. The molecule has 0 saturated carbocycles. The largest absolute Gasteiger partial charge is 0.463 e. The third kappa shape index (κ3) is 6.54. The molecule has 0 aromatic heterocycles. The van der Waals surface area contributed by atoms with E-state index in [1.54, 1.807) is 44.7 Å². The van der Waals surface area contributed by atoms with Crippen LogP contribution in [0.2, 0.25) is 0 Å². The van der Waals surface area contributed by atoms with E-state index >= 15 is 0 Å². The zero-order valence-electron chi connectivity index (χ0n) is 20.6. The number of rotatable bonds is 11. The summed E-state index contributed by atoms with van der Waals surface area (Å²) in [7, 11) is 0. The topological polar surface area (TPSA) is 108 Å². The summed E-state index contributed by atoms with van der Waals surface area (Å²) < 4.78 is 10.7. The van der Waals surface area contributed by atoms with Crippen molar-refractivity contribution in [2.45, 2.75) is 33.1 Å². The number of nitro groups is 1. The molecule has 0 fully saturated rings. The molecule has 0 bridgehead atoms. The number of ether oxygens (including phenoxy) is 2. The summed E-state index contributed by atoms with van der Waals surface area (Å²) in [6.45, 7) is 5.53. The maximum Gasteiger partial charge on any atom is 0.336 e. The van der Waals surface area contributed by atoms with Gasteiger partial charge in [-0.25, -0.2) is 9.59 Å². The van der Waals surface area contributed by atoms with Crippen molar-refractivity contribution < 1.29 is 24.0 Å². The summed E-state index contributed by atoms with van der Waals surface area (Å²) in [5.74, 6) is -0.543. The number of nitro benzene ring substituents is 1. The van der Waals surface area contributed by atoms with Crippen LogP contribution in [0.4, 0.5) is 5.69 Å². The number of non-ortho nitro benzene ring substituents is 1. The van der Waals surface area contributed by atoms with Crippen LogP contribution >= 0.6 is 11.8 Å². The molecular formula is C27H30N2O6S. The Kier molecular flexibility index (Phi) is 9.69. The van der Waals surface area contributed by atoms with Gasteiger partial charge in [0.2, 0.25) is 0 Å². The van der Waals surface area contributed by atoms with Crippen LogP contribution in [0.25, 0.3) is 0 Å². The molecule has 2 aromatic rings. The number of hydrogen-bond donors (Lipinski definition) is 1. The fourth-order valence-corrected chi connectivity index (χ4v) is 5.03. The molecular weight excluding hydrogens is 480 g/mol. The van der Waals surface area contributed by atoms with E-state index in [4.69, 9.17) is 9.47 Å². The Morgan fingerprint density at radius 3 is 2.17 bits per heavy atom. The van der Waals surface area contributed by atoms with E-state index in [0.29, 0.717) is 28.3 Å². The van der Waals surface area contributed by atoms with Crippen LogP contribution in [0.1, 0.15) is 37.8 Å². The molecule has 0 saturated heterocycles. The molecule has 8 nitrogen and oxygen atoms in total. The van der Waals surface area contributed by atoms with E-state index < -0.39 is 22.8 Å². The van der Waals surface area contributed by atoms with E-state index in [1.165, 1.54) is 17.7 Å². The first kappa shape index (κ1) is 27.0. The molecule has 1 aliphatic heterocycles. The van der Waals surface area contributed by atoms with Gasteiger partial charge in [0.25, 0.3) is 5.69 Å². The van der Waals surface area contributed by atoms with Gasteiger partial charge in [0.05, 0.1) is 35.2 Å². The molecule has 0 amide bonds. The summed E-state index contributed by atoms with van der Waals surface area (Å²) in [5, 5.41) is 14.4. The van der Waals surface area contributed by atoms with Gasteiger partial charge in [-0.1, -0.05) is 42.5 Å². The van der Waals surface area contributed by atoms with E-state index in [9.17, 15) is 19.7 Å². The number of allylic oxidation sites excluding steroid dienone is 1. The van der Waals surface area contributed by atoms with Crippen molar-refractivity contribution in [2.24, 2.45) is 0 Å². The number of nitrogens with one attached hydrogen (secondary N) is 1. The molecule has 0 radical (unpaired) electrons. The average Bonchev–Trinajstić information content (AvgIpc) is 2.87. The number of aryl methyl sites for hydroxylation is 1. The third-order valence-corrected chi connectivity index (χ3v) is 6.68. The highest BCUT2D eigenvalue weighted by molar-refractivity contribution is 7.99. The highest BCUT2D eigenvalue weighted by atomic mass is 32.2. The van der Waals surface area contributed by atoms with Gasteiger partial charge in [0, 0.05) is 29.3 Å². The highest BCUT2D eigenvalue weighted by Gasteiger charge is 2.39. The van der Waals surface area contributed by atoms with Crippen LogP contribution in [0.3, 0.4) is 0 Å².